The molecule has 2 aromatic carbocycles. The molecule has 0 aliphatic heterocycles. The highest BCUT2D eigenvalue weighted by Gasteiger charge is 2.14. The SMILES string of the molecule is O=C(NCCCCSSCCCCNC(=O)/C(Cc1ccc(O)c(Br)c1)=N/O)/C(Cc1ccc(O)c(Br)c1)=N/O. The minimum Gasteiger partial charge on any atom is -0.507 e. The molecule has 0 bridgehead atoms. The van der Waals surface area contributed by atoms with Crippen molar-refractivity contribution in [1.29, 1.82) is 0 Å². The summed E-state index contributed by atoms with van der Waals surface area (Å²) >= 11 is 6.44. The molecule has 0 aliphatic carbocycles. The summed E-state index contributed by atoms with van der Waals surface area (Å²) in [6, 6.07) is 9.66. The van der Waals surface area contributed by atoms with E-state index in [1.165, 1.54) is 12.1 Å². The number of benzene rings is 2. The van der Waals surface area contributed by atoms with Gasteiger partial charge in [0, 0.05) is 37.4 Å². The summed E-state index contributed by atoms with van der Waals surface area (Å²) in [4.78, 5) is 24.5. The molecule has 2 amide bonds. The first-order valence-electron chi connectivity index (χ1n) is 12.4. The van der Waals surface area contributed by atoms with Crippen molar-refractivity contribution in [1.82, 2.24) is 10.6 Å². The van der Waals surface area contributed by atoms with Gasteiger partial charge in [-0.25, -0.2) is 0 Å². The van der Waals surface area contributed by atoms with Crippen molar-refractivity contribution < 1.29 is 30.2 Å². The molecule has 0 atom stereocenters. The van der Waals surface area contributed by atoms with Crippen LogP contribution in [0.4, 0.5) is 0 Å². The van der Waals surface area contributed by atoms with E-state index in [2.05, 4.69) is 52.8 Å². The zero-order valence-electron chi connectivity index (χ0n) is 21.6. The summed E-state index contributed by atoms with van der Waals surface area (Å²) in [6.07, 6.45) is 3.73. The number of hydrogen-bond acceptors (Lipinski definition) is 10. The first-order valence-corrected chi connectivity index (χ1v) is 16.5. The minimum absolute atomic E-state index is 0.00386. The maximum atomic E-state index is 12.3. The Labute approximate surface area is 257 Å². The van der Waals surface area contributed by atoms with E-state index in [4.69, 9.17) is 0 Å². The number of phenolic OH excluding ortho intramolecular Hbond substituents is 2. The van der Waals surface area contributed by atoms with Crippen LogP contribution in [-0.2, 0) is 22.4 Å². The molecule has 2 rings (SSSR count). The van der Waals surface area contributed by atoms with Crippen LogP contribution < -0.4 is 10.6 Å². The average molecular weight is 721 g/mol. The van der Waals surface area contributed by atoms with Gasteiger partial charge < -0.3 is 31.3 Å². The third-order valence-corrected chi connectivity index (χ3v) is 9.34. The molecule has 6 N–H and O–H groups in total. The van der Waals surface area contributed by atoms with Crippen LogP contribution in [0.2, 0.25) is 0 Å². The Hall–Kier alpha value is -2.42. The Morgan fingerprint density at radius 2 is 1.10 bits per heavy atom. The van der Waals surface area contributed by atoms with Gasteiger partial charge in [-0.1, -0.05) is 44.0 Å². The fourth-order valence-corrected chi connectivity index (χ4v) is 6.47. The number of carbonyl (C=O) groups excluding carboxylic acids is 2. The smallest absolute Gasteiger partial charge is 0.269 e. The Balaban J connectivity index is 1.49. The fraction of sp³-hybridized carbons (Fsp3) is 0.385. The summed E-state index contributed by atoms with van der Waals surface area (Å²) in [6.45, 7) is 0.955. The quantitative estimate of drug-likeness (QED) is 0.0425. The number of phenols is 2. The summed E-state index contributed by atoms with van der Waals surface area (Å²) in [5, 5.41) is 49.3. The van der Waals surface area contributed by atoms with Crippen molar-refractivity contribution >= 4 is 76.7 Å². The van der Waals surface area contributed by atoms with Crippen LogP contribution in [0.1, 0.15) is 36.8 Å². The van der Waals surface area contributed by atoms with Gasteiger partial charge in [0.25, 0.3) is 11.8 Å². The van der Waals surface area contributed by atoms with Crippen LogP contribution in [0, 0.1) is 0 Å². The van der Waals surface area contributed by atoms with E-state index in [-0.39, 0.29) is 35.8 Å². The third-order valence-electron chi connectivity index (χ3n) is 5.50. The highest BCUT2D eigenvalue weighted by molar-refractivity contribution is 9.11. The Kier molecular flexibility index (Phi) is 15.9. The number of nitrogens with zero attached hydrogens (tertiary/aromatic N) is 2. The number of aromatic hydroxyl groups is 2. The normalized spacial score (nSPS) is 11.8. The Morgan fingerprint density at radius 3 is 1.45 bits per heavy atom. The average Bonchev–Trinajstić information content (AvgIpc) is 2.94. The first-order chi connectivity index (χ1) is 19.2. The van der Waals surface area contributed by atoms with Crippen LogP contribution in [0.15, 0.2) is 55.7 Å². The third kappa shape index (κ3) is 12.4. The van der Waals surface area contributed by atoms with Crippen molar-refractivity contribution in [3.05, 3.63) is 56.5 Å². The molecule has 218 valence electrons. The number of hydrogen-bond donors (Lipinski definition) is 6. The van der Waals surface area contributed by atoms with Crippen LogP contribution in [0.5, 0.6) is 11.5 Å². The van der Waals surface area contributed by atoms with Crippen molar-refractivity contribution in [2.75, 3.05) is 24.6 Å². The number of amides is 2. The van der Waals surface area contributed by atoms with E-state index in [1.54, 1.807) is 45.9 Å². The molecule has 0 fully saturated rings. The molecular formula is C26H32Br2N4O6S2. The molecule has 0 aliphatic rings. The number of oxime groups is 2. The van der Waals surface area contributed by atoms with Gasteiger partial charge in [-0.05, 0) is 92.9 Å². The lowest BCUT2D eigenvalue weighted by atomic mass is 10.1. The molecule has 0 unspecified atom stereocenters. The maximum absolute atomic E-state index is 12.3. The number of rotatable bonds is 17. The van der Waals surface area contributed by atoms with Crippen molar-refractivity contribution in [2.45, 2.75) is 38.5 Å². The molecule has 0 spiro atoms. The molecule has 0 saturated carbocycles. The Morgan fingerprint density at radius 1 is 0.700 bits per heavy atom. The fourth-order valence-electron chi connectivity index (χ4n) is 3.33. The summed E-state index contributed by atoms with van der Waals surface area (Å²) < 4.78 is 1.01. The van der Waals surface area contributed by atoms with E-state index >= 15 is 0 Å². The second-order valence-electron chi connectivity index (χ2n) is 8.59. The van der Waals surface area contributed by atoms with Crippen molar-refractivity contribution in [3.63, 3.8) is 0 Å². The molecule has 0 heterocycles. The molecule has 40 heavy (non-hydrogen) atoms. The second kappa shape index (κ2) is 18.8. The molecular weight excluding hydrogens is 688 g/mol. The monoisotopic (exact) mass is 718 g/mol. The predicted octanol–water partition coefficient (Wildman–Crippen LogP) is 5.24. The highest BCUT2D eigenvalue weighted by atomic mass is 79.9. The van der Waals surface area contributed by atoms with Gasteiger partial charge in [-0.2, -0.15) is 0 Å². The van der Waals surface area contributed by atoms with Gasteiger partial charge in [-0.15, -0.1) is 0 Å². The van der Waals surface area contributed by atoms with E-state index in [0.717, 1.165) is 48.3 Å². The van der Waals surface area contributed by atoms with Crippen LogP contribution >= 0.6 is 53.4 Å². The largest absolute Gasteiger partial charge is 0.507 e. The predicted molar refractivity (Wildman–Crippen MR) is 167 cm³/mol. The molecule has 0 radical (unpaired) electrons. The van der Waals surface area contributed by atoms with Gasteiger partial charge in [-0.3, -0.25) is 9.59 Å². The molecule has 2 aromatic rings. The molecule has 0 aromatic heterocycles. The minimum atomic E-state index is -0.424. The van der Waals surface area contributed by atoms with E-state index in [0.29, 0.717) is 22.0 Å². The van der Waals surface area contributed by atoms with Gasteiger partial charge in [0.15, 0.2) is 0 Å². The summed E-state index contributed by atoms with van der Waals surface area (Å²) in [5.74, 6) is 1.21. The molecule has 14 heteroatoms. The van der Waals surface area contributed by atoms with Crippen molar-refractivity contribution in [3.8, 4) is 11.5 Å². The number of halogens is 2. The zero-order valence-corrected chi connectivity index (χ0v) is 26.4. The van der Waals surface area contributed by atoms with Gasteiger partial charge in [0.1, 0.15) is 22.9 Å². The molecule has 10 nitrogen and oxygen atoms in total. The zero-order chi connectivity index (χ0) is 29.3. The molecule has 0 saturated heterocycles. The number of unbranched alkanes of at least 4 members (excludes halogenated alkanes) is 2. The maximum Gasteiger partial charge on any atom is 0.269 e. The number of nitrogens with one attached hydrogen (secondary N) is 2. The van der Waals surface area contributed by atoms with Crippen LogP contribution in [0.25, 0.3) is 0 Å². The van der Waals surface area contributed by atoms with Crippen LogP contribution in [0.3, 0.4) is 0 Å². The lowest BCUT2D eigenvalue weighted by molar-refractivity contribution is -0.115. The Bertz CT molecular complexity index is 1110. The topological polar surface area (TPSA) is 164 Å². The number of carbonyl (C=O) groups is 2. The lowest BCUT2D eigenvalue weighted by Crippen LogP contribution is -2.33. The van der Waals surface area contributed by atoms with Gasteiger partial charge in [0.05, 0.1) is 8.95 Å². The van der Waals surface area contributed by atoms with Crippen LogP contribution in [-0.4, -0.2) is 68.5 Å². The van der Waals surface area contributed by atoms with Gasteiger partial charge >= 0.3 is 0 Å². The van der Waals surface area contributed by atoms with E-state index in [1.807, 2.05) is 0 Å². The van der Waals surface area contributed by atoms with Crippen molar-refractivity contribution in [2.24, 2.45) is 10.3 Å². The standard InChI is InChI=1S/C26H32Br2N4O6S2/c27-19-13-17(5-7-23(19)33)15-21(31-37)25(35)29-9-1-3-11-39-40-12-4-2-10-30-26(36)22(32-38)16-18-6-8-24(34)20(28)14-18/h5-8,13-14,33-34,37-38H,1-4,9-12,15-16H2,(H,29,35)(H,30,36)/b31-21+,32-22+. The van der Waals surface area contributed by atoms with Gasteiger partial charge in [0.2, 0.25) is 0 Å². The second-order valence-corrected chi connectivity index (χ2v) is 13.0. The van der Waals surface area contributed by atoms with E-state index < -0.39 is 11.8 Å². The first kappa shape index (κ1) is 33.8. The van der Waals surface area contributed by atoms with E-state index in [9.17, 15) is 30.2 Å². The summed E-state index contributed by atoms with van der Waals surface area (Å²) in [7, 11) is 3.52. The lowest BCUT2D eigenvalue weighted by Gasteiger charge is -2.08. The summed E-state index contributed by atoms with van der Waals surface area (Å²) in [5.41, 5.74) is 1.46. The highest BCUT2D eigenvalue weighted by Crippen LogP contribution is 2.26.